The van der Waals surface area contributed by atoms with Crippen LogP contribution in [0.2, 0.25) is 0 Å². The second-order valence-corrected chi connectivity index (χ2v) is 28.8. The van der Waals surface area contributed by atoms with E-state index in [1.54, 1.807) is 0 Å². The van der Waals surface area contributed by atoms with Gasteiger partial charge in [-0.3, -0.25) is 18.6 Å². The number of phosphoric acid groups is 1. The van der Waals surface area contributed by atoms with Gasteiger partial charge < -0.3 is 18.9 Å². The number of hydrogen-bond acceptors (Lipinski definition) is 7. The van der Waals surface area contributed by atoms with E-state index in [0.717, 1.165) is 122 Å². The monoisotopic (exact) mass is 1380 g/mol. The minimum Gasteiger partial charge on any atom is -0.462 e. The Morgan fingerprint density at radius 2 is 0.551 bits per heavy atom. The van der Waals surface area contributed by atoms with Crippen LogP contribution in [0.5, 0.6) is 0 Å². The van der Waals surface area contributed by atoms with E-state index in [4.69, 9.17) is 18.5 Å². The van der Waals surface area contributed by atoms with Crippen molar-refractivity contribution in [1.82, 2.24) is 0 Å². The molecule has 1 N–H and O–H groups in total. The molecule has 0 rings (SSSR count). The zero-order chi connectivity index (χ0) is 71.1. The molecule has 0 spiro atoms. The molecule has 0 aliphatic heterocycles. The second kappa shape index (κ2) is 76.5. The fourth-order valence-electron chi connectivity index (χ4n) is 10.7. The number of carbonyl (C=O) groups is 2. The first-order chi connectivity index (χ1) is 48.0. The summed E-state index contributed by atoms with van der Waals surface area (Å²) in [5, 5.41) is 0. The first kappa shape index (κ1) is 93.4. The molecule has 0 amide bonds. The topological polar surface area (TPSA) is 108 Å². The van der Waals surface area contributed by atoms with Gasteiger partial charge in [0.2, 0.25) is 0 Å². The van der Waals surface area contributed by atoms with E-state index in [2.05, 4.69) is 184 Å². The van der Waals surface area contributed by atoms with Crippen molar-refractivity contribution in [3.05, 3.63) is 170 Å². The normalized spacial score (nSPS) is 14.0. The molecule has 0 fully saturated rings. The van der Waals surface area contributed by atoms with Crippen molar-refractivity contribution >= 4 is 19.8 Å². The van der Waals surface area contributed by atoms with Gasteiger partial charge in [0.1, 0.15) is 19.8 Å². The van der Waals surface area contributed by atoms with Gasteiger partial charge in [-0.25, -0.2) is 4.57 Å². The third-order valence-corrected chi connectivity index (χ3v) is 17.7. The van der Waals surface area contributed by atoms with Crippen LogP contribution >= 0.6 is 7.82 Å². The highest BCUT2D eigenvalue weighted by Crippen LogP contribution is 2.43. The maximum absolute atomic E-state index is 12.9. The molecule has 0 aromatic rings. The van der Waals surface area contributed by atoms with E-state index in [9.17, 15) is 19.0 Å². The smallest absolute Gasteiger partial charge is 0.462 e. The van der Waals surface area contributed by atoms with Crippen molar-refractivity contribution in [2.24, 2.45) is 0 Å². The lowest BCUT2D eigenvalue weighted by Crippen LogP contribution is -2.37. The number of quaternary nitrogens is 1. The number of rotatable bonds is 72. The Balaban J connectivity index is 4.03. The van der Waals surface area contributed by atoms with Gasteiger partial charge in [0.05, 0.1) is 27.7 Å². The molecule has 0 radical (unpaired) electrons. The average molecular weight is 1380 g/mol. The molecule has 558 valence electrons. The van der Waals surface area contributed by atoms with Gasteiger partial charge in [-0.2, -0.15) is 0 Å². The summed E-state index contributed by atoms with van der Waals surface area (Å²) < 4.78 is 34.7. The Bertz CT molecular complexity index is 2270. The van der Waals surface area contributed by atoms with Gasteiger partial charge in [-0.05, 0) is 128 Å². The summed E-state index contributed by atoms with van der Waals surface area (Å²) >= 11 is 0. The molecular formula is C88H149NO8P+. The number of carbonyl (C=O) groups excluding carboxylic acids is 2. The van der Waals surface area contributed by atoms with Gasteiger partial charge in [0.25, 0.3) is 0 Å². The number of unbranched alkanes of at least 4 members (excludes halogenated alkanes) is 30. The first-order valence-corrected chi connectivity index (χ1v) is 41.4. The molecule has 0 aliphatic rings. The molecule has 98 heavy (non-hydrogen) atoms. The Labute approximate surface area is 604 Å². The molecule has 10 heteroatoms. The largest absolute Gasteiger partial charge is 0.472 e. The third kappa shape index (κ3) is 80.3. The van der Waals surface area contributed by atoms with Gasteiger partial charge in [0, 0.05) is 12.8 Å². The molecule has 0 aromatic carbocycles. The molecule has 0 aliphatic carbocycles. The van der Waals surface area contributed by atoms with Crippen molar-refractivity contribution in [1.29, 1.82) is 0 Å². The van der Waals surface area contributed by atoms with Gasteiger partial charge in [0.15, 0.2) is 6.10 Å². The zero-order valence-electron chi connectivity index (χ0n) is 63.7. The lowest BCUT2D eigenvalue weighted by molar-refractivity contribution is -0.870. The summed E-state index contributed by atoms with van der Waals surface area (Å²) in [6, 6.07) is 0. The predicted octanol–water partition coefficient (Wildman–Crippen LogP) is 26.8. The van der Waals surface area contributed by atoms with E-state index in [-0.39, 0.29) is 32.0 Å². The van der Waals surface area contributed by atoms with E-state index in [0.29, 0.717) is 17.4 Å². The summed E-state index contributed by atoms with van der Waals surface area (Å²) in [5.74, 6) is -0.848. The van der Waals surface area contributed by atoms with Crippen molar-refractivity contribution in [2.45, 2.75) is 328 Å². The summed E-state index contributed by atoms with van der Waals surface area (Å²) in [6.07, 6.45) is 117. The van der Waals surface area contributed by atoms with Crippen LogP contribution in [0, 0.1) is 0 Å². The predicted molar refractivity (Wildman–Crippen MR) is 426 cm³/mol. The Hall–Kier alpha value is -4.63. The summed E-state index contributed by atoms with van der Waals surface area (Å²) in [7, 11) is 1.44. The highest BCUT2D eigenvalue weighted by Gasteiger charge is 2.27. The third-order valence-electron chi connectivity index (χ3n) is 16.7. The zero-order valence-corrected chi connectivity index (χ0v) is 64.6. The Morgan fingerprint density at radius 3 is 0.837 bits per heavy atom. The number of esters is 2. The standard InChI is InChI=1S/C88H148NO8P/c1-6-8-10-12-14-16-18-20-22-24-26-28-30-32-34-36-38-40-41-42-43-44-45-46-47-49-50-52-54-56-58-60-62-64-66-68-70-72-74-76-78-80-87(90)94-84-86(85-96-98(92,93)95-83-82-89(3,4)5)97-88(91)81-79-77-75-73-71-69-67-65-63-61-59-57-55-53-51-48-39-37-35-33-31-29-27-25-23-21-19-17-15-13-11-9-7-2/h8-11,14-17,20-23,26-29,33,35,39,48,53,55,59,61,65,67,71,73,86H,6-7,12-13,18-19,24-25,30-32,34,36-38,40-47,49-52,54,56-58,60,62-64,66,68-70,72,74-85H2,1-5H3/p+1/b10-8-,11-9-,16-14-,17-15-,22-20-,23-21-,28-26-,29-27-,35-33-,48-39-,55-53-,61-59-,67-65-,73-71-. The van der Waals surface area contributed by atoms with Crippen molar-refractivity contribution in [3.8, 4) is 0 Å². The van der Waals surface area contributed by atoms with Crippen LogP contribution in [0.15, 0.2) is 170 Å². The van der Waals surface area contributed by atoms with Crippen molar-refractivity contribution in [2.75, 3.05) is 47.5 Å². The lowest BCUT2D eigenvalue weighted by atomic mass is 10.0. The lowest BCUT2D eigenvalue weighted by Gasteiger charge is -2.24. The molecule has 0 saturated carbocycles. The minimum atomic E-state index is -4.42. The van der Waals surface area contributed by atoms with E-state index >= 15 is 0 Å². The molecule has 0 heterocycles. The number of phosphoric ester groups is 1. The Morgan fingerprint density at radius 1 is 0.316 bits per heavy atom. The van der Waals surface area contributed by atoms with Crippen LogP contribution in [-0.4, -0.2) is 74.9 Å². The van der Waals surface area contributed by atoms with Gasteiger partial charge in [-0.1, -0.05) is 351 Å². The minimum absolute atomic E-state index is 0.0162. The van der Waals surface area contributed by atoms with Crippen LogP contribution in [0.1, 0.15) is 322 Å². The highest BCUT2D eigenvalue weighted by molar-refractivity contribution is 7.47. The van der Waals surface area contributed by atoms with Crippen LogP contribution in [-0.2, 0) is 32.7 Å². The molecule has 0 aromatic heterocycles. The maximum atomic E-state index is 12.9. The van der Waals surface area contributed by atoms with E-state index < -0.39 is 26.5 Å². The SMILES string of the molecule is CC/C=C\C/C=C\C/C=C\C/C=C\C/C=C\C/C=C\C/C=C\C/C=C\C/C=C\C/C=C\CCCCC(=O)OC(COC(=O)CCCCCCCCCCCCCCCCCCCCCCCCCCCCCC/C=C\C/C=C\C/C=C\C/C=C\CC)COP(=O)(O)OCC[N+](C)(C)C. The maximum Gasteiger partial charge on any atom is 0.472 e. The quantitative estimate of drug-likeness (QED) is 0.0211. The molecule has 2 unspecified atom stereocenters. The first-order valence-electron chi connectivity index (χ1n) is 39.9. The van der Waals surface area contributed by atoms with Crippen LogP contribution < -0.4 is 0 Å². The van der Waals surface area contributed by atoms with Crippen molar-refractivity contribution < 1.29 is 42.1 Å². The van der Waals surface area contributed by atoms with E-state index in [1.807, 2.05) is 21.1 Å². The molecule has 0 saturated heterocycles. The Kier molecular flexibility index (Phi) is 72.9. The summed E-state index contributed by atoms with van der Waals surface area (Å²) in [6.45, 7) is 4.17. The molecule has 2 atom stereocenters. The number of ether oxygens (including phenoxy) is 2. The van der Waals surface area contributed by atoms with Crippen molar-refractivity contribution in [3.63, 3.8) is 0 Å². The molecular weight excluding hydrogens is 1230 g/mol. The summed E-state index contributed by atoms with van der Waals surface area (Å²) in [4.78, 5) is 35.9. The fourth-order valence-corrected chi connectivity index (χ4v) is 11.5. The van der Waals surface area contributed by atoms with Gasteiger partial charge in [-0.15, -0.1) is 0 Å². The summed E-state index contributed by atoms with van der Waals surface area (Å²) in [5.41, 5.74) is 0. The average Bonchev–Trinajstić information content (AvgIpc) is 1.08. The highest BCUT2D eigenvalue weighted by atomic mass is 31.2. The van der Waals surface area contributed by atoms with E-state index in [1.165, 1.54) is 167 Å². The molecule has 9 nitrogen and oxygen atoms in total. The second-order valence-electron chi connectivity index (χ2n) is 27.3. The number of likely N-dealkylation sites (N-methyl/N-ethyl adjacent to an activating group) is 1. The number of nitrogens with zero attached hydrogens (tertiary/aromatic N) is 1. The van der Waals surface area contributed by atoms with Crippen LogP contribution in [0.3, 0.4) is 0 Å². The number of allylic oxidation sites excluding steroid dienone is 28. The van der Waals surface area contributed by atoms with Crippen LogP contribution in [0.25, 0.3) is 0 Å². The van der Waals surface area contributed by atoms with Crippen LogP contribution in [0.4, 0.5) is 0 Å². The molecule has 0 bridgehead atoms. The number of hydrogen-bond donors (Lipinski definition) is 1. The van der Waals surface area contributed by atoms with Gasteiger partial charge >= 0.3 is 19.8 Å². The fraction of sp³-hybridized carbons (Fsp3) is 0.659.